The third kappa shape index (κ3) is 2.41. The van der Waals surface area contributed by atoms with Crippen molar-refractivity contribution < 1.29 is 9.53 Å². The van der Waals surface area contributed by atoms with Crippen LogP contribution in [-0.4, -0.2) is 30.4 Å². The predicted molar refractivity (Wildman–Crippen MR) is 94.8 cm³/mol. The number of hydrogen-bond donors (Lipinski definition) is 2. The second-order valence-electron chi connectivity index (χ2n) is 7.17. The summed E-state index contributed by atoms with van der Waals surface area (Å²) >= 11 is 0. The lowest BCUT2D eigenvalue weighted by molar-refractivity contribution is -0.122. The van der Waals surface area contributed by atoms with Gasteiger partial charge >= 0.3 is 0 Å². The molecule has 4 rings (SSSR count). The van der Waals surface area contributed by atoms with Gasteiger partial charge in [-0.25, -0.2) is 5.43 Å². The third-order valence-corrected chi connectivity index (χ3v) is 5.17. The van der Waals surface area contributed by atoms with Gasteiger partial charge in [0.15, 0.2) is 5.84 Å². The summed E-state index contributed by atoms with van der Waals surface area (Å²) in [6.07, 6.45) is 3.74. The van der Waals surface area contributed by atoms with Gasteiger partial charge in [0.05, 0.1) is 5.69 Å². The zero-order valence-electron chi connectivity index (χ0n) is 14.4. The predicted octanol–water partition coefficient (Wildman–Crippen LogP) is 2.81. The first-order valence-electron chi connectivity index (χ1n) is 8.77. The Morgan fingerprint density at radius 1 is 1.38 bits per heavy atom. The number of fused-ring (bicyclic) bond motifs is 3. The Morgan fingerprint density at radius 3 is 2.83 bits per heavy atom. The molecule has 1 aliphatic carbocycles. The van der Waals surface area contributed by atoms with Crippen LogP contribution in [0.4, 0.5) is 11.4 Å². The van der Waals surface area contributed by atoms with Crippen LogP contribution in [-0.2, 0) is 4.79 Å². The Kier molecular flexibility index (Phi) is 3.62. The summed E-state index contributed by atoms with van der Waals surface area (Å²) in [5.74, 6) is 1.89. The first-order chi connectivity index (χ1) is 11.5. The van der Waals surface area contributed by atoms with Gasteiger partial charge in [0.25, 0.3) is 5.91 Å². The topological polar surface area (TPSA) is 66.0 Å². The molecular weight excluding hydrogens is 304 g/mol. The summed E-state index contributed by atoms with van der Waals surface area (Å²) in [5, 5.41) is 7.83. The van der Waals surface area contributed by atoms with Gasteiger partial charge in [-0.1, -0.05) is 13.8 Å². The molecule has 0 saturated heterocycles. The number of nitrogens with one attached hydrogen (secondary N) is 2. The number of anilines is 2. The lowest BCUT2D eigenvalue weighted by atomic mass is 9.91. The van der Waals surface area contributed by atoms with Crippen LogP contribution in [0.25, 0.3) is 0 Å². The molecule has 2 aliphatic heterocycles. The number of hydrazone groups is 1. The van der Waals surface area contributed by atoms with Crippen molar-refractivity contribution in [1.82, 2.24) is 5.43 Å². The Morgan fingerprint density at radius 2 is 2.17 bits per heavy atom. The lowest BCUT2D eigenvalue weighted by Crippen LogP contribution is -2.55. The SMILES string of the molecule is CC(C)c1cc2c(cc1NC1CCC1)N1C(=NNC(=O)C1C)CO2. The molecule has 6 heteroatoms. The Balaban J connectivity index is 1.78. The Bertz CT molecular complexity index is 709. The van der Waals surface area contributed by atoms with E-state index in [0.717, 1.165) is 23.0 Å². The van der Waals surface area contributed by atoms with Crippen LogP contribution in [0.2, 0.25) is 0 Å². The standard InChI is InChI=1S/C18H24N4O2/c1-10(2)13-7-16-15(8-14(13)19-12-5-4-6-12)22-11(3)18(23)21-20-17(22)9-24-16/h7-8,10-12,19H,4-6,9H2,1-3H3,(H,21,23). The molecule has 1 amide bonds. The number of ether oxygens (including phenoxy) is 1. The molecule has 1 unspecified atom stereocenters. The highest BCUT2D eigenvalue weighted by molar-refractivity contribution is 6.09. The van der Waals surface area contributed by atoms with Crippen LogP contribution in [0.1, 0.15) is 51.5 Å². The summed E-state index contributed by atoms with van der Waals surface area (Å²) in [5.41, 5.74) is 5.90. The van der Waals surface area contributed by atoms with Gasteiger partial charge in [-0.3, -0.25) is 4.79 Å². The minimum absolute atomic E-state index is 0.0898. The van der Waals surface area contributed by atoms with Crippen molar-refractivity contribution >= 4 is 23.1 Å². The molecule has 2 N–H and O–H groups in total. The summed E-state index contributed by atoms with van der Waals surface area (Å²) in [6, 6.07) is 4.52. The lowest BCUT2D eigenvalue weighted by Gasteiger charge is -2.39. The molecule has 0 radical (unpaired) electrons. The number of carbonyl (C=O) groups excluding carboxylic acids is 1. The van der Waals surface area contributed by atoms with E-state index in [0.29, 0.717) is 18.6 Å². The average Bonchev–Trinajstić information content (AvgIpc) is 2.53. The van der Waals surface area contributed by atoms with Crippen molar-refractivity contribution in [2.45, 2.75) is 58.0 Å². The van der Waals surface area contributed by atoms with Gasteiger partial charge in [-0.05, 0) is 49.8 Å². The largest absolute Gasteiger partial charge is 0.483 e. The van der Waals surface area contributed by atoms with Gasteiger partial charge in [0.1, 0.15) is 18.4 Å². The van der Waals surface area contributed by atoms with Crippen LogP contribution in [0, 0.1) is 0 Å². The van der Waals surface area contributed by atoms with Crippen LogP contribution in [0.5, 0.6) is 5.75 Å². The minimum atomic E-state index is -0.290. The zero-order chi connectivity index (χ0) is 16.8. The fraction of sp³-hybridized carbons (Fsp3) is 0.556. The molecule has 128 valence electrons. The Hall–Kier alpha value is -2.24. The van der Waals surface area contributed by atoms with Crippen LogP contribution in [0.15, 0.2) is 17.2 Å². The number of hydrogen-bond acceptors (Lipinski definition) is 5. The number of nitrogens with zero attached hydrogens (tertiary/aromatic N) is 2. The first-order valence-corrected chi connectivity index (χ1v) is 8.77. The van der Waals surface area contributed by atoms with Gasteiger partial charge in [0.2, 0.25) is 0 Å². The number of benzene rings is 1. The van der Waals surface area contributed by atoms with E-state index < -0.39 is 0 Å². The summed E-state index contributed by atoms with van der Waals surface area (Å²) in [4.78, 5) is 14.0. The molecular formula is C18H24N4O2. The summed E-state index contributed by atoms with van der Waals surface area (Å²) in [7, 11) is 0. The average molecular weight is 328 g/mol. The molecule has 1 atom stereocenters. The molecule has 0 bridgehead atoms. The normalized spacial score (nSPS) is 22.8. The molecule has 0 aromatic heterocycles. The zero-order valence-corrected chi connectivity index (χ0v) is 14.4. The molecule has 24 heavy (non-hydrogen) atoms. The Labute approximate surface area is 142 Å². The van der Waals surface area contributed by atoms with E-state index in [2.05, 4.69) is 41.8 Å². The van der Waals surface area contributed by atoms with Crippen molar-refractivity contribution in [3.8, 4) is 5.75 Å². The highest BCUT2D eigenvalue weighted by atomic mass is 16.5. The van der Waals surface area contributed by atoms with E-state index in [1.807, 2.05) is 11.8 Å². The molecule has 1 aromatic rings. The van der Waals surface area contributed by atoms with Gasteiger partial charge in [-0.2, -0.15) is 5.10 Å². The van der Waals surface area contributed by atoms with Crippen molar-refractivity contribution in [3.63, 3.8) is 0 Å². The van der Waals surface area contributed by atoms with Gasteiger partial charge in [0, 0.05) is 11.7 Å². The van der Waals surface area contributed by atoms with Gasteiger partial charge < -0.3 is 15.0 Å². The molecule has 1 saturated carbocycles. The number of amidine groups is 1. The van der Waals surface area contributed by atoms with Gasteiger partial charge in [-0.15, -0.1) is 0 Å². The first kappa shape index (κ1) is 15.3. The van der Waals surface area contributed by atoms with E-state index in [9.17, 15) is 4.79 Å². The molecule has 0 spiro atoms. The fourth-order valence-electron chi connectivity index (χ4n) is 3.46. The number of rotatable bonds is 3. The highest BCUT2D eigenvalue weighted by Crippen LogP contribution is 2.42. The molecule has 1 aromatic carbocycles. The molecule has 6 nitrogen and oxygen atoms in total. The van der Waals surface area contributed by atoms with E-state index in [1.54, 1.807) is 0 Å². The summed E-state index contributed by atoms with van der Waals surface area (Å²) in [6.45, 7) is 6.67. The van der Waals surface area contributed by atoms with Crippen molar-refractivity contribution in [2.75, 3.05) is 16.8 Å². The number of amides is 1. The highest BCUT2D eigenvalue weighted by Gasteiger charge is 2.36. The molecule has 1 fully saturated rings. The van der Waals surface area contributed by atoms with Crippen molar-refractivity contribution in [3.05, 3.63) is 17.7 Å². The van der Waals surface area contributed by atoms with Crippen molar-refractivity contribution in [1.29, 1.82) is 0 Å². The molecule has 3 aliphatic rings. The van der Waals surface area contributed by atoms with Crippen LogP contribution < -0.4 is 20.4 Å². The van der Waals surface area contributed by atoms with E-state index >= 15 is 0 Å². The van der Waals surface area contributed by atoms with E-state index in [1.165, 1.54) is 24.8 Å². The van der Waals surface area contributed by atoms with Crippen LogP contribution >= 0.6 is 0 Å². The maximum absolute atomic E-state index is 12.0. The van der Waals surface area contributed by atoms with E-state index in [-0.39, 0.29) is 11.9 Å². The molecule has 2 heterocycles. The van der Waals surface area contributed by atoms with Crippen molar-refractivity contribution in [2.24, 2.45) is 5.10 Å². The smallest absolute Gasteiger partial charge is 0.262 e. The maximum Gasteiger partial charge on any atom is 0.262 e. The second kappa shape index (κ2) is 5.69. The third-order valence-electron chi connectivity index (χ3n) is 5.17. The summed E-state index contributed by atoms with van der Waals surface area (Å²) < 4.78 is 5.92. The second-order valence-corrected chi connectivity index (χ2v) is 7.17. The quantitative estimate of drug-likeness (QED) is 0.895. The maximum atomic E-state index is 12.0. The fourth-order valence-corrected chi connectivity index (χ4v) is 3.46. The van der Waals surface area contributed by atoms with Crippen LogP contribution in [0.3, 0.4) is 0 Å². The number of carbonyl (C=O) groups is 1. The monoisotopic (exact) mass is 328 g/mol. The van der Waals surface area contributed by atoms with E-state index in [4.69, 9.17) is 4.74 Å². The minimum Gasteiger partial charge on any atom is -0.483 e.